The van der Waals surface area contributed by atoms with Gasteiger partial charge in [0.15, 0.2) is 0 Å². The van der Waals surface area contributed by atoms with Gasteiger partial charge in [-0.1, -0.05) is 31.2 Å². The van der Waals surface area contributed by atoms with Crippen LogP contribution in [0.3, 0.4) is 0 Å². The zero-order chi connectivity index (χ0) is 14.5. The van der Waals surface area contributed by atoms with E-state index in [-0.39, 0.29) is 22.9 Å². The zero-order valence-corrected chi connectivity index (χ0v) is 12.0. The highest BCUT2D eigenvalue weighted by atomic mass is 32.2. The standard InChI is InChI=1S/C16H17F2NS/c1-2-15(19)16(13-8-3-4-9-14(13)18)20-12-7-5-6-11(17)10-12/h3-10,15-16H,2,19H2,1H3. The van der Waals surface area contributed by atoms with E-state index in [1.54, 1.807) is 24.3 Å². The fourth-order valence-electron chi connectivity index (χ4n) is 1.99. The molecule has 0 radical (unpaired) electrons. The van der Waals surface area contributed by atoms with Gasteiger partial charge in [0.25, 0.3) is 0 Å². The molecule has 0 amide bonds. The second-order valence-electron chi connectivity index (χ2n) is 4.59. The van der Waals surface area contributed by atoms with Crippen molar-refractivity contribution < 1.29 is 8.78 Å². The first-order valence-electron chi connectivity index (χ1n) is 6.54. The molecule has 0 aliphatic carbocycles. The lowest BCUT2D eigenvalue weighted by Gasteiger charge is -2.23. The van der Waals surface area contributed by atoms with E-state index >= 15 is 0 Å². The molecule has 0 bridgehead atoms. The van der Waals surface area contributed by atoms with Crippen molar-refractivity contribution in [2.45, 2.75) is 29.5 Å². The highest BCUT2D eigenvalue weighted by Gasteiger charge is 2.22. The zero-order valence-electron chi connectivity index (χ0n) is 11.2. The van der Waals surface area contributed by atoms with Crippen molar-refractivity contribution in [3.63, 3.8) is 0 Å². The van der Waals surface area contributed by atoms with Crippen molar-refractivity contribution in [2.75, 3.05) is 0 Å². The van der Waals surface area contributed by atoms with Crippen molar-refractivity contribution in [2.24, 2.45) is 5.73 Å². The van der Waals surface area contributed by atoms with E-state index in [9.17, 15) is 8.78 Å². The summed E-state index contributed by atoms with van der Waals surface area (Å²) in [7, 11) is 0. The van der Waals surface area contributed by atoms with E-state index in [1.165, 1.54) is 30.0 Å². The Morgan fingerprint density at radius 2 is 1.85 bits per heavy atom. The summed E-state index contributed by atoms with van der Waals surface area (Å²) in [4.78, 5) is 0.752. The molecular weight excluding hydrogens is 276 g/mol. The minimum Gasteiger partial charge on any atom is -0.326 e. The molecule has 0 saturated heterocycles. The molecule has 2 N–H and O–H groups in total. The van der Waals surface area contributed by atoms with Gasteiger partial charge in [-0.2, -0.15) is 0 Å². The summed E-state index contributed by atoms with van der Waals surface area (Å²) in [5, 5.41) is -0.233. The molecule has 2 unspecified atom stereocenters. The van der Waals surface area contributed by atoms with Gasteiger partial charge < -0.3 is 5.73 Å². The Morgan fingerprint density at radius 1 is 1.10 bits per heavy atom. The average Bonchev–Trinajstić information content (AvgIpc) is 2.45. The molecule has 106 valence electrons. The summed E-state index contributed by atoms with van der Waals surface area (Å²) >= 11 is 1.40. The third-order valence-corrected chi connectivity index (χ3v) is 4.51. The number of benzene rings is 2. The monoisotopic (exact) mass is 293 g/mol. The van der Waals surface area contributed by atoms with Crippen molar-refractivity contribution >= 4 is 11.8 Å². The first-order chi connectivity index (χ1) is 9.61. The number of hydrogen-bond donors (Lipinski definition) is 1. The maximum Gasteiger partial charge on any atom is 0.127 e. The number of thioether (sulfide) groups is 1. The van der Waals surface area contributed by atoms with Crippen LogP contribution in [0.5, 0.6) is 0 Å². The van der Waals surface area contributed by atoms with Gasteiger partial charge in [0.05, 0.1) is 5.25 Å². The lowest BCUT2D eigenvalue weighted by Crippen LogP contribution is -2.26. The largest absolute Gasteiger partial charge is 0.326 e. The first-order valence-corrected chi connectivity index (χ1v) is 7.42. The van der Waals surface area contributed by atoms with Crippen molar-refractivity contribution in [1.29, 1.82) is 0 Å². The van der Waals surface area contributed by atoms with Crippen LogP contribution in [0.2, 0.25) is 0 Å². The fraction of sp³-hybridized carbons (Fsp3) is 0.250. The number of rotatable bonds is 5. The molecule has 0 spiro atoms. The highest BCUT2D eigenvalue weighted by Crippen LogP contribution is 2.39. The van der Waals surface area contributed by atoms with Gasteiger partial charge in [0, 0.05) is 16.5 Å². The number of hydrogen-bond acceptors (Lipinski definition) is 2. The molecule has 0 saturated carbocycles. The predicted molar refractivity (Wildman–Crippen MR) is 79.7 cm³/mol. The Morgan fingerprint density at radius 3 is 2.50 bits per heavy atom. The molecule has 2 aromatic rings. The maximum atomic E-state index is 14.0. The van der Waals surface area contributed by atoms with Gasteiger partial charge in [-0.05, 0) is 30.7 Å². The fourth-order valence-corrected chi connectivity index (χ4v) is 3.30. The molecule has 0 heterocycles. The van der Waals surface area contributed by atoms with Crippen LogP contribution in [0.1, 0.15) is 24.2 Å². The highest BCUT2D eigenvalue weighted by molar-refractivity contribution is 7.99. The minimum atomic E-state index is -0.299. The summed E-state index contributed by atoms with van der Waals surface area (Å²) in [6.45, 7) is 1.96. The predicted octanol–water partition coefficient (Wildman–Crippen LogP) is 4.54. The second-order valence-corrected chi connectivity index (χ2v) is 5.80. The van der Waals surface area contributed by atoms with Crippen LogP contribution in [0.15, 0.2) is 53.4 Å². The molecular formula is C16H17F2NS. The van der Waals surface area contributed by atoms with E-state index < -0.39 is 0 Å². The van der Waals surface area contributed by atoms with Crippen molar-refractivity contribution in [3.8, 4) is 0 Å². The second kappa shape index (κ2) is 6.86. The molecule has 1 nitrogen and oxygen atoms in total. The Bertz CT molecular complexity index is 574. The normalized spacial score (nSPS) is 14.0. The topological polar surface area (TPSA) is 26.0 Å². The van der Waals surface area contributed by atoms with Gasteiger partial charge >= 0.3 is 0 Å². The first kappa shape index (κ1) is 15.0. The summed E-state index contributed by atoms with van der Waals surface area (Å²) in [6.07, 6.45) is 0.724. The lowest BCUT2D eigenvalue weighted by molar-refractivity contribution is 0.572. The van der Waals surface area contributed by atoms with Crippen LogP contribution in [0.4, 0.5) is 8.78 Å². The number of nitrogens with two attached hydrogens (primary N) is 1. The van der Waals surface area contributed by atoms with Gasteiger partial charge in [-0.3, -0.25) is 0 Å². The molecule has 20 heavy (non-hydrogen) atoms. The molecule has 0 aliphatic heterocycles. The van der Waals surface area contributed by atoms with Gasteiger partial charge in [-0.25, -0.2) is 8.78 Å². The SMILES string of the molecule is CCC(N)C(Sc1cccc(F)c1)c1ccccc1F. The van der Waals surface area contributed by atoms with Gasteiger partial charge in [0.1, 0.15) is 11.6 Å². The summed E-state index contributed by atoms with van der Waals surface area (Å²) in [5.74, 6) is -0.572. The Labute approximate surface area is 122 Å². The van der Waals surface area contributed by atoms with Crippen LogP contribution in [-0.2, 0) is 0 Å². The van der Waals surface area contributed by atoms with Gasteiger partial charge in [-0.15, -0.1) is 11.8 Å². The van der Waals surface area contributed by atoms with E-state index in [0.717, 1.165) is 11.3 Å². The maximum absolute atomic E-state index is 14.0. The van der Waals surface area contributed by atoms with E-state index in [0.29, 0.717) is 5.56 Å². The Kier molecular flexibility index (Phi) is 5.15. The van der Waals surface area contributed by atoms with E-state index in [4.69, 9.17) is 5.73 Å². The molecule has 2 rings (SSSR count). The van der Waals surface area contributed by atoms with Crippen LogP contribution in [0, 0.1) is 11.6 Å². The summed E-state index contributed by atoms with van der Waals surface area (Å²) in [6, 6.07) is 12.7. The summed E-state index contributed by atoms with van der Waals surface area (Å²) < 4.78 is 27.2. The van der Waals surface area contributed by atoms with Crippen LogP contribution < -0.4 is 5.73 Å². The third kappa shape index (κ3) is 3.58. The molecule has 0 fully saturated rings. The quantitative estimate of drug-likeness (QED) is 0.819. The number of halogens is 2. The van der Waals surface area contributed by atoms with Crippen LogP contribution in [-0.4, -0.2) is 6.04 Å². The van der Waals surface area contributed by atoms with Crippen LogP contribution in [0.25, 0.3) is 0 Å². The molecule has 2 atom stereocenters. The van der Waals surface area contributed by atoms with Crippen molar-refractivity contribution in [1.82, 2.24) is 0 Å². The smallest absolute Gasteiger partial charge is 0.127 e. The molecule has 2 aromatic carbocycles. The third-order valence-electron chi connectivity index (χ3n) is 3.13. The Balaban J connectivity index is 2.32. The van der Waals surface area contributed by atoms with E-state index in [1.807, 2.05) is 13.0 Å². The average molecular weight is 293 g/mol. The Hall–Kier alpha value is -1.39. The lowest BCUT2D eigenvalue weighted by atomic mass is 10.0. The van der Waals surface area contributed by atoms with Crippen LogP contribution >= 0.6 is 11.8 Å². The van der Waals surface area contributed by atoms with E-state index in [2.05, 4.69) is 0 Å². The molecule has 4 heteroatoms. The molecule has 0 aromatic heterocycles. The van der Waals surface area contributed by atoms with Crippen molar-refractivity contribution in [3.05, 3.63) is 65.7 Å². The van der Waals surface area contributed by atoms with Gasteiger partial charge in [0.2, 0.25) is 0 Å². The summed E-state index contributed by atoms with van der Waals surface area (Å²) in [5.41, 5.74) is 6.69. The minimum absolute atomic E-state index is 0.194. The molecule has 0 aliphatic rings.